The van der Waals surface area contributed by atoms with E-state index in [1.54, 1.807) is 6.07 Å². The van der Waals surface area contributed by atoms with Crippen LogP contribution in [0.4, 0.5) is 5.69 Å². The molecule has 0 atom stereocenters. The van der Waals surface area contributed by atoms with Crippen molar-refractivity contribution in [2.24, 2.45) is 4.99 Å². The van der Waals surface area contributed by atoms with Gasteiger partial charge in [-0.15, -0.1) is 0 Å². The fourth-order valence-electron chi connectivity index (χ4n) is 3.18. The summed E-state index contributed by atoms with van der Waals surface area (Å²) in [5.74, 6) is 0. The van der Waals surface area contributed by atoms with Crippen molar-refractivity contribution in [2.45, 2.75) is 6.92 Å². The molecular weight excluding hydrogens is 349 g/mol. The molecule has 4 aromatic rings. The minimum Gasteiger partial charge on any atom is -0.254 e. The number of hydrogen-bond donors (Lipinski definition) is 0. The van der Waals surface area contributed by atoms with Crippen LogP contribution in [0.2, 0.25) is 10.0 Å². The van der Waals surface area contributed by atoms with Crippen LogP contribution in [0, 0.1) is 6.92 Å². The third-order valence-electron chi connectivity index (χ3n) is 4.35. The van der Waals surface area contributed by atoms with Crippen LogP contribution in [0.15, 0.2) is 71.7 Å². The van der Waals surface area contributed by atoms with Crippen molar-refractivity contribution >= 4 is 56.6 Å². The smallest absolute Gasteiger partial charge is 0.0846 e. The standard InChI is InChI=1S/C22H15Cl2N/c1-14-10-17(23)12-21(24)22(14)25-13-20-18-8-4-2-6-15(18)11-16-7-3-5-9-19(16)20/h2-13H,1H3. The van der Waals surface area contributed by atoms with Crippen molar-refractivity contribution in [3.63, 3.8) is 0 Å². The van der Waals surface area contributed by atoms with Crippen molar-refractivity contribution < 1.29 is 0 Å². The molecule has 0 aliphatic rings. The SMILES string of the molecule is Cc1cc(Cl)cc(Cl)c1N=Cc1c2ccccc2cc2ccccc12. The zero-order valence-corrected chi connectivity index (χ0v) is 15.1. The second kappa shape index (κ2) is 6.51. The molecule has 4 rings (SSSR count). The number of hydrogen-bond acceptors (Lipinski definition) is 1. The fourth-order valence-corrected chi connectivity index (χ4v) is 3.82. The monoisotopic (exact) mass is 363 g/mol. The van der Waals surface area contributed by atoms with E-state index in [9.17, 15) is 0 Å². The molecule has 0 aliphatic carbocycles. The quantitative estimate of drug-likeness (QED) is 0.260. The lowest BCUT2D eigenvalue weighted by atomic mass is 9.97. The van der Waals surface area contributed by atoms with E-state index in [1.165, 1.54) is 21.5 Å². The Kier molecular flexibility index (Phi) is 4.20. The lowest BCUT2D eigenvalue weighted by Crippen LogP contribution is -1.89. The molecule has 3 heteroatoms. The highest BCUT2D eigenvalue weighted by atomic mass is 35.5. The predicted octanol–water partition coefficient (Wildman–Crippen LogP) is 7.36. The Hall–Kier alpha value is -2.35. The molecule has 0 spiro atoms. The minimum absolute atomic E-state index is 0.561. The molecule has 4 aromatic carbocycles. The minimum atomic E-state index is 0.561. The molecule has 25 heavy (non-hydrogen) atoms. The summed E-state index contributed by atoms with van der Waals surface area (Å²) in [7, 11) is 0. The second-order valence-electron chi connectivity index (χ2n) is 6.04. The highest BCUT2D eigenvalue weighted by Gasteiger charge is 2.08. The first-order valence-electron chi connectivity index (χ1n) is 8.04. The van der Waals surface area contributed by atoms with E-state index >= 15 is 0 Å². The summed E-state index contributed by atoms with van der Waals surface area (Å²) in [4.78, 5) is 4.70. The summed E-state index contributed by atoms with van der Waals surface area (Å²) in [6.07, 6.45) is 1.91. The molecule has 0 heterocycles. The average molecular weight is 364 g/mol. The molecule has 0 saturated heterocycles. The summed E-state index contributed by atoms with van der Waals surface area (Å²) >= 11 is 12.4. The lowest BCUT2D eigenvalue weighted by Gasteiger charge is -2.09. The first kappa shape index (κ1) is 16.1. The van der Waals surface area contributed by atoms with Crippen molar-refractivity contribution in [1.29, 1.82) is 0 Å². The molecule has 0 unspecified atom stereocenters. The van der Waals surface area contributed by atoms with Crippen molar-refractivity contribution in [3.05, 3.63) is 87.9 Å². The topological polar surface area (TPSA) is 12.4 Å². The summed E-state index contributed by atoms with van der Waals surface area (Å²) in [6, 6.07) is 22.5. The molecule has 1 nitrogen and oxygen atoms in total. The van der Waals surface area contributed by atoms with Crippen LogP contribution in [0.5, 0.6) is 0 Å². The highest BCUT2D eigenvalue weighted by molar-refractivity contribution is 6.36. The largest absolute Gasteiger partial charge is 0.254 e. The zero-order valence-electron chi connectivity index (χ0n) is 13.6. The van der Waals surface area contributed by atoms with E-state index in [2.05, 4.69) is 54.6 Å². The summed E-state index contributed by atoms with van der Waals surface area (Å²) in [5.41, 5.74) is 2.81. The lowest BCUT2D eigenvalue weighted by molar-refractivity contribution is 1.40. The van der Waals surface area contributed by atoms with Gasteiger partial charge < -0.3 is 0 Å². The summed E-state index contributed by atoms with van der Waals surface area (Å²) < 4.78 is 0. The highest BCUT2D eigenvalue weighted by Crippen LogP contribution is 2.33. The normalized spacial score (nSPS) is 11.6. The van der Waals surface area contributed by atoms with E-state index in [0.717, 1.165) is 16.8 Å². The molecule has 0 fully saturated rings. The Bertz CT molecular complexity index is 1050. The Morgan fingerprint density at radius 2 is 1.40 bits per heavy atom. The number of nitrogens with zero attached hydrogens (tertiary/aromatic N) is 1. The Balaban J connectivity index is 1.97. The Morgan fingerprint density at radius 1 is 0.800 bits per heavy atom. The first-order valence-corrected chi connectivity index (χ1v) is 8.79. The van der Waals surface area contributed by atoms with Gasteiger partial charge in [0.15, 0.2) is 0 Å². The summed E-state index contributed by atoms with van der Waals surface area (Å²) in [6.45, 7) is 1.96. The van der Waals surface area contributed by atoms with Crippen molar-refractivity contribution in [1.82, 2.24) is 0 Å². The van der Waals surface area contributed by atoms with Gasteiger partial charge in [0.2, 0.25) is 0 Å². The number of halogens is 2. The molecule has 0 bridgehead atoms. The summed E-state index contributed by atoms with van der Waals surface area (Å²) in [5, 5.41) is 5.92. The third-order valence-corrected chi connectivity index (χ3v) is 4.86. The van der Waals surface area contributed by atoms with Crippen LogP contribution in [0.1, 0.15) is 11.1 Å². The van der Waals surface area contributed by atoms with Gasteiger partial charge in [-0.25, -0.2) is 0 Å². The van der Waals surface area contributed by atoms with E-state index in [-0.39, 0.29) is 0 Å². The number of fused-ring (bicyclic) bond motifs is 2. The zero-order chi connectivity index (χ0) is 17.4. The van der Waals surface area contributed by atoms with E-state index in [0.29, 0.717) is 10.0 Å². The Morgan fingerprint density at radius 3 is 2.00 bits per heavy atom. The number of rotatable bonds is 2. The van der Waals surface area contributed by atoms with Crippen molar-refractivity contribution in [2.75, 3.05) is 0 Å². The Labute approximate surface area is 156 Å². The molecular formula is C22H15Cl2N. The molecule has 0 aliphatic heterocycles. The van der Waals surface area contributed by atoms with Gasteiger partial charge in [0.1, 0.15) is 0 Å². The average Bonchev–Trinajstić information content (AvgIpc) is 2.60. The molecule has 0 N–H and O–H groups in total. The van der Waals surface area contributed by atoms with Gasteiger partial charge in [-0.05, 0) is 52.2 Å². The van der Waals surface area contributed by atoms with Gasteiger partial charge >= 0.3 is 0 Å². The predicted molar refractivity (Wildman–Crippen MR) is 110 cm³/mol. The van der Waals surface area contributed by atoms with Gasteiger partial charge in [0, 0.05) is 16.8 Å². The van der Waals surface area contributed by atoms with Gasteiger partial charge in [-0.3, -0.25) is 4.99 Å². The van der Waals surface area contributed by atoms with Crippen LogP contribution >= 0.6 is 23.2 Å². The maximum Gasteiger partial charge on any atom is 0.0846 e. The van der Waals surface area contributed by atoms with Crippen LogP contribution in [-0.2, 0) is 0 Å². The molecule has 0 amide bonds. The second-order valence-corrected chi connectivity index (χ2v) is 6.89. The van der Waals surface area contributed by atoms with Gasteiger partial charge in [0.25, 0.3) is 0 Å². The number of benzene rings is 4. The van der Waals surface area contributed by atoms with E-state index in [4.69, 9.17) is 28.2 Å². The number of aliphatic imine (C=N–C) groups is 1. The van der Waals surface area contributed by atoms with Gasteiger partial charge in [-0.2, -0.15) is 0 Å². The van der Waals surface area contributed by atoms with Crippen LogP contribution in [-0.4, -0.2) is 6.21 Å². The maximum atomic E-state index is 6.34. The van der Waals surface area contributed by atoms with Crippen LogP contribution in [0.3, 0.4) is 0 Å². The van der Waals surface area contributed by atoms with Gasteiger partial charge in [-0.1, -0.05) is 71.7 Å². The molecule has 0 saturated carbocycles. The van der Waals surface area contributed by atoms with Crippen LogP contribution < -0.4 is 0 Å². The molecule has 122 valence electrons. The fraction of sp³-hybridized carbons (Fsp3) is 0.0455. The van der Waals surface area contributed by atoms with Crippen LogP contribution in [0.25, 0.3) is 21.5 Å². The first-order chi connectivity index (χ1) is 12.1. The number of aryl methyl sites for hydroxylation is 1. The molecule has 0 radical (unpaired) electrons. The van der Waals surface area contributed by atoms with E-state index in [1.807, 2.05) is 19.2 Å². The maximum absolute atomic E-state index is 6.34. The third kappa shape index (κ3) is 3.02. The van der Waals surface area contributed by atoms with Crippen molar-refractivity contribution in [3.8, 4) is 0 Å². The molecule has 0 aromatic heterocycles. The van der Waals surface area contributed by atoms with E-state index < -0.39 is 0 Å². The van der Waals surface area contributed by atoms with Gasteiger partial charge in [0.05, 0.1) is 10.7 Å².